The highest BCUT2D eigenvalue weighted by molar-refractivity contribution is 5.95. The molecule has 0 spiro atoms. The van der Waals surface area contributed by atoms with E-state index in [1.54, 1.807) is 0 Å². The Bertz CT molecular complexity index is 583. The lowest BCUT2D eigenvalue weighted by Gasteiger charge is -2.22. The van der Waals surface area contributed by atoms with Crippen LogP contribution in [0.1, 0.15) is 6.92 Å². The minimum absolute atomic E-state index is 0.0532. The van der Waals surface area contributed by atoms with Gasteiger partial charge in [0, 0.05) is 11.6 Å². The van der Waals surface area contributed by atoms with Gasteiger partial charge in [0.2, 0.25) is 0 Å². The summed E-state index contributed by atoms with van der Waals surface area (Å²) in [7, 11) is 0. The van der Waals surface area contributed by atoms with Crippen LogP contribution in [-0.4, -0.2) is 49.9 Å². The maximum Gasteiger partial charge on any atom is 0.403 e. The average Bonchev–Trinajstić information content (AvgIpc) is 2.41. The molecule has 0 bridgehead atoms. The molecule has 0 aromatic carbocycles. The van der Waals surface area contributed by atoms with E-state index in [2.05, 4.69) is 9.47 Å². The van der Waals surface area contributed by atoms with Gasteiger partial charge < -0.3 is 9.47 Å². The van der Waals surface area contributed by atoms with Gasteiger partial charge in [0.15, 0.2) is 11.8 Å². The molecule has 0 N–H and O–H groups in total. The smallest absolute Gasteiger partial charge is 0.403 e. The van der Waals surface area contributed by atoms with E-state index in [-0.39, 0.29) is 6.08 Å². The first-order valence-corrected chi connectivity index (χ1v) is 6.96. The van der Waals surface area contributed by atoms with Crippen molar-refractivity contribution < 1.29 is 71.7 Å². The average molecular weight is 458 g/mol. The monoisotopic (exact) mass is 458 g/mol. The molecule has 170 valence electrons. The summed E-state index contributed by atoms with van der Waals surface area (Å²) >= 11 is 0. The Labute approximate surface area is 153 Å². The fourth-order valence-electron chi connectivity index (χ4n) is 1.46. The molecule has 0 saturated carbocycles. The number of carbonyl (C=O) groups excluding carboxylic acids is 2. The molecule has 0 unspecified atom stereocenters. The third kappa shape index (κ3) is 9.25. The lowest BCUT2D eigenvalue weighted by Crippen LogP contribution is -2.40. The van der Waals surface area contributed by atoms with Crippen LogP contribution in [0.15, 0.2) is 11.6 Å². The van der Waals surface area contributed by atoms with Gasteiger partial charge in [-0.1, -0.05) is 0 Å². The number of rotatable bonds is 6. The van der Waals surface area contributed by atoms with Gasteiger partial charge in [0.25, 0.3) is 0 Å². The number of alkyl halides is 12. The first-order chi connectivity index (χ1) is 12.7. The highest BCUT2D eigenvalue weighted by Crippen LogP contribution is 2.40. The highest BCUT2D eigenvalue weighted by Gasteiger charge is 2.58. The second-order valence-corrected chi connectivity index (χ2v) is 5.33. The van der Waals surface area contributed by atoms with Crippen LogP contribution in [0.4, 0.5) is 52.7 Å². The predicted molar refractivity (Wildman–Crippen MR) is 66.9 cm³/mol. The van der Waals surface area contributed by atoms with Crippen LogP contribution < -0.4 is 0 Å². The quantitative estimate of drug-likeness (QED) is 0.334. The Morgan fingerprint density at radius 2 is 1.00 bits per heavy atom. The Kier molecular flexibility index (Phi) is 8.43. The first-order valence-electron chi connectivity index (χ1n) is 6.96. The number of esters is 2. The van der Waals surface area contributed by atoms with Gasteiger partial charge in [-0.2, -0.15) is 52.7 Å². The van der Waals surface area contributed by atoms with Crippen molar-refractivity contribution in [2.24, 2.45) is 11.8 Å². The number of ether oxygens (including phenoxy) is 2. The summed E-state index contributed by atoms with van der Waals surface area (Å²) in [6.45, 7) is -3.87. The lowest BCUT2D eigenvalue weighted by molar-refractivity contribution is -0.294. The molecule has 0 atom stereocenters. The molecule has 0 rings (SSSR count). The van der Waals surface area contributed by atoms with Crippen molar-refractivity contribution in [2.45, 2.75) is 31.6 Å². The molecule has 0 heterocycles. The van der Waals surface area contributed by atoms with Crippen molar-refractivity contribution in [1.29, 1.82) is 0 Å². The van der Waals surface area contributed by atoms with E-state index < -0.39 is 67.3 Å². The second-order valence-electron chi connectivity index (χ2n) is 5.33. The van der Waals surface area contributed by atoms with E-state index >= 15 is 0 Å². The van der Waals surface area contributed by atoms with Crippen molar-refractivity contribution in [1.82, 2.24) is 0 Å². The molecule has 29 heavy (non-hydrogen) atoms. The summed E-state index contributed by atoms with van der Waals surface area (Å²) in [6.07, 6.45) is -23.4. The third-order valence-corrected chi connectivity index (χ3v) is 3.01. The van der Waals surface area contributed by atoms with Crippen LogP contribution in [0.5, 0.6) is 0 Å². The van der Waals surface area contributed by atoms with Crippen LogP contribution in [0.25, 0.3) is 0 Å². The van der Waals surface area contributed by atoms with Gasteiger partial charge in [0.1, 0.15) is 13.2 Å². The number of hydrogen-bond donors (Lipinski definition) is 0. The molecule has 0 saturated heterocycles. The highest BCUT2D eigenvalue weighted by atomic mass is 19.4. The normalized spacial score (nSPS) is 14.4. The second kappa shape index (κ2) is 9.11. The molecule has 16 heteroatoms. The molecule has 0 amide bonds. The topological polar surface area (TPSA) is 52.6 Å². The summed E-state index contributed by atoms with van der Waals surface area (Å²) in [5.41, 5.74) is -1.03. The predicted octanol–water partition coefficient (Wildman–Crippen LogP) is 4.50. The van der Waals surface area contributed by atoms with Gasteiger partial charge in [-0.25, -0.2) is 9.59 Å². The molecular formula is C13H10F12O4. The number of carbonyl (C=O) groups is 2. The fourth-order valence-corrected chi connectivity index (χ4v) is 1.46. The molecule has 0 aliphatic heterocycles. The van der Waals surface area contributed by atoms with E-state index in [9.17, 15) is 62.3 Å². The van der Waals surface area contributed by atoms with E-state index in [0.717, 1.165) is 0 Å². The van der Waals surface area contributed by atoms with Gasteiger partial charge in [0.05, 0.1) is 0 Å². The lowest BCUT2D eigenvalue weighted by atomic mass is 10.1. The fraction of sp³-hybridized carbons (Fsp3) is 0.692. The molecule has 0 radical (unpaired) electrons. The molecule has 0 aromatic rings. The molecular weight excluding hydrogens is 448 g/mol. The number of halogens is 12. The SMILES string of the molecule is C/C(=C/C(=O)OCC(C(F)(F)F)C(F)(F)F)C(=O)OCC(C(F)(F)F)C(F)(F)F. The van der Waals surface area contributed by atoms with Gasteiger partial charge in [-0.05, 0) is 6.92 Å². The Balaban J connectivity index is 5.00. The van der Waals surface area contributed by atoms with Gasteiger partial charge in [-0.3, -0.25) is 0 Å². The van der Waals surface area contributed by atoms with Gasteiger partial charge >= 0.3 is 36.6 Å². The van der Waals surface area contributed by atoms with Crippen LogP contribution in [0.3, 0.4) is 0 Å². The summed E-state index contributed by atoms with van der Waals surface area (Å²) in [5.74, 6) is -12.0. The largest absolute Gasteiger partial charge is 0.461 e. The zero-order valence-electron chi connectivity index (χ0n) is 13.8. The van der Waals surface area contributed by atoms with Gasteiger partial charge in [-0.15, -0.1) is 0 Å². The standard InChI is InChI=1S/C13H10F12O4/c1-5(9(27)29-4-7(12(20,21)22)13(23,24)25)2-8(26)28-3-6(10(14,15)16)11(17,18)19/h2,6-7H,3-4H2,1H3/b5-2-. The number of hydrogen-bond acceptors (Lipinski definition) is 4. The molecule has 4 nitrogen and oxygen atoms in total. The van der Waals surface area contributed by atoms with Crippen LogP contribution in [0, 0.1) is 11.8 Å². The summed E-state index contributed by atoms with van der Waals surface area (Å²) < 4.78 is 154. The van der Waals surface area contributed by atoms with Crippen molar-refractivity contribution in [3.8, 4) is 0 Å². The van der Waals surface area contributed by atoms with Crippen molar-refractivity contribution >= 4 is 11.9 Å². The zero-order chi connectivity index (χ0) is 23.4. The molecule has 0 aliphatic carbocycles. The van der Waals surface area contributed by atoms with Crippen LogP contribution in [-0.2, 0) is 19.1 Å². The van der Waals surface area contributed by atoms with E-state index in [1.165, 1.54) is 0 Å². The van der Waals surface area contributed by atoms with E-state index in [1.807, 2.05) is 0 Å². The van der Waals surface area contributed by atoms with Crippen LogP contribution >= 0.6 is 0 Å². The van der Waals surface area contributed by atoms with Crippen molar-refractivity contribution in [3.05, 3.63) is 11.6 Å². The van der Waals surface area contributed by atoms with Crippen molar-refractivity contribution in [3.63, 3.8) is 0 Å². The third-order valence-electron chi connectivity index (χ3n) is 3.01. The summed E-state index contributed by atoms with van der Waals surface area (Å²) in [4.78, 5) is 22.5. The maximum absolute atomic E-state index is 12.3. The maximum atomic E-state index is 12.3. The Hall–Kier alpha value is -2.16. The Morgan fingerprint density at radius 3 is 1.31 bits per heavy atom. The van der Waals surface area contributed by atoms with Crippen molar-refractivity contribution in [2.75, 3.05) is 13.2 Å². The van der Waals surface area contributed by atoms with Crippen LogP contribution in [0.2, 0.25) is 0 Å². The molecule has 0 aromatic heterocycles. The molecule has 0 aliphatic rings. The minimum Gasteiger partial charge on any atom is -0.461 e. The first kappa shape index (κ1) is 26.8. The molecule has 0 fully saturated rings. The summed E-state index contributed by atoms with van der Waals surface area (Å²) in [6, 6.07) is 0. The Morgan fingerprint density at radius 1 is 0.690 bits per heavy atom. The van der Waals surface area contributed by atoms with E-state index in [4.69, 9.17) is 0 Å². The zero-order valence-corrected chi connectivity index (χ0v) is 13.8. The van der Waals surface area contributed by atoms with E-state index in [0.29, 0.717) is 6.92 Å². The minimum atomic E-state index is -5.83. The summed E-state index contributed by atoms with van der Waals surface area (Å²) in [5, 5.41) is 0.